The third-order valence-corrected chi connectivity index (χ3v) is 4.34. The van der Waals surface area contributed by atoms with Gasteiger partial charge in [0.05, 0.1) is 11.3 Å². The Morgan fingerprint density at radius 3 is 2.88 bits per heavy atom. The van der Waals surface area contributed by atoms with E-state index in [9.17, 15) is 9.18 Å². The average molecular weight is 348 g/mol. The largest absolute Gasteiger partial charge is 0.396 e. The van der Waals surface area contributed by atoms with Gasteiger partial charge in [-0.05, 0) is 43.9 Å². The van der Waals surface area contributed by atoms with Crippen molar-refractivity contribution in [2.75, 3.05) is 11.9 Å². The molecule has 25 heavy (non-hydrogen) atoms. The molecule has 0 saturated heterocycles. The summed E-state index contributed by atoms with van der Waals surface area (Å²) in [6.07, 6.45) is 2.05. The molecular weight excluding hydrogens is 327 g/mol. The van der Waals surface area contributed by atoms with Gasteiger partial charge in [0.15, 0.2) is 5.82 Å². The van der Waals surface area contributed by atoms with Crippen LogP contribution in [0.2, 0.25) is 0 Å². The van der Waals surface area contributed by atoms with Crippen LogP contribution in [0.3, 0.4) is 0 Å². The minimum Gasteiger partial charge on any atom is -0.396 e. The zero-order valence-corrected chi connectivity index (χ0v) is 14.1. The summed E-state index contributed by atoms with van der Waals surface area (Å²) in [6.45, 7) is 3.59. The van der Waals surface area contributed by atoms with Crippen LogP contribution in [0, 0.1) is 11.7 Å². The van der Waals surface area contributed by atoms with Crippen LogP contribution in [0.25, 0.3) is 11.5 Å². The third kappa shape index (κ3) is 4.14. The number of carbonyl (C=O) groups excluding carboxylic acids is 1. The summed E-state index contributed by atoms with van der Waals surface area (Å²) in [6, 6.07) is 3.27. The minimum absolute atomic E-state index is 0.0326. The molecule has 0 bridgehead atoms. The maximum absolute atomic E-state index is 13.7. The number of halogens is 1. The summed E-state index contributed by atoms with van der Waals surface area (Å²) >= 11 is 0. The van der Waals surface area contributed by atoms with Gasteiger partial charge in [0.2, 0.25) is 0 Å². The van der Waals surface area contributed by atoms with Gasteiger partial charge in [-0.1, -0.05) is 12.1 Å². The van der Waals surface area contributed by atoms with Crippen LogP contribution in [0.1, 0.15) is 38.4 Å². The van der Waals surface area contributed by atoms with Crippen molar-refractivity contribution in [2.45, 2.75) is 38.6 Å². The Morgan fingerprint density at radius 2 is 2.20 bits per heavy atom. The van der Waals surface area contributed by atoms with Crippen molar-refractivity contribution in [3.63, 3.8) is 0 Å². The van der Waals surface area contributed by atoms with E-state index in [2.05, 4.69) is 20.8 Å². The predicted octanol–water partition coefficient (Wildman–Crippen LogP) is 2.89. The Bertz CT molecular complexity index is 760. The van der Waals surface area contributed by atoms with Gasteiger partial charge in [-0.2, -0.15) is 4.98 Å². The molecular formula is C17H21FN4O3. The zero-order chi connectivity index (χ0) is 18.0. The topological polar surface area (TPSA) is 100 Å². The van der Waals surface area contributed by atoms with E-state index < -0.39 is 11.8 Å². The number of aliphatic hydroxyl groups excluding tert-OH is 1. The van der Waals surface area contributed by atoms with Gasteiger partial charge in [-0.3, -0.25) is 0 Å². The quantitative estimate of drug-likeness (QED) is 0.745. The van der Waals surface area contributed by atoms with E-state index in [0.29, 0.717) is 23.0 Å². The highest BCUT2D eigenvalue weighted by molar-refractivity contribution is 5.93. The molecule has 1 aliphatic carbocycles. The molecule has 2 amide bonds. The molecule has 134 valence electrons. The maximum atomic E-state index is 13.7. The van der Waals surface area contributed by atoms with E-state index >= 15 is 0 Å². The second-order valence-corrected chi connectivity index (χ2v) is 6.47. The number of carbonyl (C=O) groups is 1. The lowest BCUT2D eigenvalue weighted by Crippen LogP contribution is -2.40. The van der Waals surface area contributed by atoms with Gasteiger partial charge in [-0.15, -0.1) is 0 Å². The van der Waals surface area contributed by atoms with Crippen molar-refractivity contribution in [1.82, 2.24) is 15.5 Å². The number of nitrogens with zero attached hydrogens (tertiary/aromatic N) is 2. The Kier molecular flexibility index (Phi) is 4.98. The summed E-state index contributed by atoms with van der Waals surface area (Å²) in [5.74, 6) is 0.546. The van der Waals surface area contributed by atoms with E-state index in [4.69, 9.17) is 9.63 Å². The number of rotatable bonds is 6. The molecule has 3 N–H and O–H groups in total. The van der Waals surface area contributed by atoms with Crippen LogP contribution in [0.15, 0.2) is 22.7 Å². The minimum atomic E-state index is -0.464. The molecule has 1 aromatic heterocycles. The van der Waals surface area contributed by atoms with Crippen molar-refractivity contribution in [3.05, 3.63) is 29.8 Å². The molecule has 1 aliphatic rings. The van der Waals surface area contributed by atoms with E-state index in [1.54, 1.807) is 6.92 Å². The van der Waals surface area contributed by atoms with E-state index in [0.717, 1.165) is 12.8 Å². The highest BCUT2D eigenvalue weighted by Crippen LogP contribution is 2.39. The van der Waals surface area contributed by atoms with Gasteiger partial charge < -0.3 is 20.3 Å². The lowest BCUT2D eigenvalue weighted by Gasteiger charge is -2.20. The second-order valence-electron chi connectivity index (χ2n) is 6.47. The van der Waals surface area contributed by atoms with E-state index in [1.807, 2.05) is 6.92 Å². The van der Waals surface area contributed by atoms with Gasteiger partial charge in [-0.25, -0.2) is 9.18 Å². The van der Waals surface area contributed by atoms with Gasteiger partial charge >= 0.3 is 6.03 Å². The Labute approximate surface area is 144 Å². The summed E-state index contributed by atoms with van der Waals surface area (Å²) in [5.41, 5.74) is 0.700. The first-order valence-corrected chi connectivity index (χ1v) is 8.30. The molecule has 0 radical (unpaired) electrons. The number of nitrogens with one attached hydrogen (secondary N) is 2. The molecule has 7 nitrogen and oxygen atoms in total. The summed E-state index contributed by atoms with van der Waals surface area (Å²) in [7, 11) is 0. The highest BCUT2D eigenvalue weighted by Gasteiger charge is 2.29. The number of hydrogen-bond acceptors (Lipinski definition) is 5. The molecule has 0 spiro atoms. The first kappa shape index (κ1) is 17.3. The van der Waals surface area contributed by atoms with Crippen LogP contribution >= 0.6 is 0 Å². The van der Waals surface area contributed by atoms with Crippen molar-refractivity contribution in [1.29, 1.82) is 0 Å². The fraction of sp³-hybridized carbons (Fsp3) is 0.471. The van der Waals surface area contributed by atoms with Gasteiger partial charge in [0, 0.05) is 18.6 Å². The van der Waals surface area contributed by atoms with Crippen LogP contribution < -0.4 is 10.6 Å². The monoisotopic (exact) mass is 348 g/mol. The number of amides is 2. The number of aliphatic hydroxyl groups is 1. The number of aromatic nitrogens is 2. The van der Waals surface area contributed by atoms with Crippen molar-refractivity contribution in [2.24, 2.45) is 5.92 Å². The normalized spacial score (nSPS) is 16.3. The smallest absolute Gasteiger partial charge is 0.319 e. The predicted molar refractivity (Wildman–Crippen MR) is 89.5 cm³/mol. The molecule has 2 atom stereocenters. The number of anilines is 1. The molecule has 1 heterocycles. The Balaban J connectivity index is 1.77. The molecule has 1 fully saturated rings. The average Bonchev–Trinajstić information content (AvgIpc) is 3.33. The molecule has 1 aromatic carbocycles. The summed E-state index contributed by atoms with van der Waals surface area (Å²) in [4.78, 5) is 16.5. The third-order valence-electron chi connectivity index (χ3n) is 4.34. The lowest BCUT2D eigenvalue weighted by molar-refractivity contribution is 0.204. The second kappa shape index (κ2) is 7.18. The Hall–Kier alpha value is -2.48. The molecule has 8 heteroatoms. The van der Waals surface area contributed by atoms with Crippen LogP contribution in [-0.4, -0.2) is 33.9 Å². The summed E-state index contributed by atoms with van der Waals surface area (Å²) in [5, 5.41) is 18.5. The van der Waals surface area contributed by atoms with Crippen molar-refractivity contribution in [3.8, 4) is 11.5 Å². The molecule has 0 aliphatic heterocycles. The molecule has 2 aromatic rings. The maximum Gasteiger partial charge on any atom is 0.319 e. The van der Waals surface area contributed by atoms with Crippen molar-refractivity contribution >= 4 is 11.7 Å². The summed E-state index contributed by atoms with van der Waals surface area (Å²) < 4.78 is 18.9. The lowest BCUT2D eigenvalue weighted by atomic mass is 10.1. The SMILES string of the molecule is CC(CO)C(C)NC(=O)Nc1ccc(F)cc1-c1nc(C2CC2)no1. The fourth-order valence-electron chi connectivity index (χ4n) is 2.32. The van der Waals surface area contributed by atoms with Gasteiger partial charge in [0.1, 0.15) is 5.82 Å². The van der Waals surface area contributed by atoms with Gasteiger partial charge in [0.25, 0.3) is 5.89 Å². The Morgan fingerprint density at radius 1 is 1.44 bits per heavy atom. The number of hydrogen-bond donors (Lipinski definition) is 3. The molecule has 2 unspecified atom stereocenters. The van der Waals surface area contributed by atoms with Crippen molar-refractivity contribution < 1.29 is 18.8 Å². The van der Waals surface area contributed by atoms with Crippen LogP contribution in [0.5, 0.6) is 0 Å². The number of benzene rings is 1. The first-order chi connectivity index (χ1) is 12.0. The van der Waals surface area contributed by atoms with Crippen LogP contribution in [-0.2, 0) is 0 Å². The van der Waals surface area contributed by atoms with Crippen LogP contribution in [0.4, 0.5) is 14.9 Å². The standard InChI is InChI=1S/C17H21FN4O3/c1-9(8-23)10(2)19-17(24)20-14-6-5-12(18)7-13(14)16-21-15(22-25-16)11-3-4-11/h5-7,9-11,23H,3-4,8H2,1-2H3,(H2,19,20,24). The first-order valence-electron chi connectivity index (χ1n) is 8.30. The number of urea groups is 1. The molecule has 1 saturated carbocycles. The van der Waals surface area contributed by atoms with E-state index in [-0.39, 0.29) is 24.5 Å². The highest BCUT2D eigenvalue weighted by atomic mass is 19.1. The fourth-order valence-corrected chi connectivity index (χ4v) is 2.32. The zero-order valence-electron chi connectivity index (χ0n) is 14.1. The molecule has 3 rings (SSSR count). The van der Waals surface area contributed by atoms with E-state index in [1.165, 1.54) is 18.2 Å².